The normalized spacial score (nSPS) is 19.5. The Morgan fingerprint density at radius 3 is 2.75 bits per heavy atom. The van der Waals surface area contributed by atoms with E-state index in [4.69, 9.17) is 0 Å². The van der Waals surface area contributed by atoms with Crippen LogP contribution < -0.4 is 5.32 Å². The van der Waals surface area contributed by atoms with Crippen LogP contribution in [0.2, 0.25) is 0 Å². The third-order valence-electron chi connectivity index (χ3n) is 4.55. The number of benzene rings is 1. The van der Waals surface area contributed by atoms with E-state index in [0.29, 0.717) is 6.04 Å². The van der Waals surface area contributed by atoms with E-state index in [1.54, 1.807) is 0 Å². The van der Waals surface area contributed by atoms with Crippen LogP contribution in [0.15, 0.2) is 30.3 Å². The van der Waals surface area contributed by atoms with Gasteiger partial charge in [-0.3, -0.25) is 4.90 Å². The highest BCUT2D eigenvalue weighted by atomic mass is 32.1. The minimum Gasteiger partial charge on any atom is -0.319 e. The zero-order valence-electron chi connectivity index (χ0n) is 12.4. The fraction of sp³-hybridized carbons (Fsp3) is 0.529. The molecule has 3 rings (SSSR count). The Morgan fingerprint density at radius 1 is 1.30 bits per heavy atom. The highest BCUT2D eigenvalue weighted by molar-refractivity contribution is 7.19. The van der Waals surface area contributed by atoms with Crippen molar-refractivity contribution in [2.45, 2.75) is 25.8 Å². The number of nitrogens with zero attached hydrogens (tertiary/aromatic N) is 1. The zero-order chi connectivity index (χ0) is 13.9. The summed E-state index contributed by atoms with van der Waals surface area (Å²) in [5.41, 5.74) is 0. The second-order valence-electron chi connectivity index (χ2n) is 5.90. The fourth-order valence-corrected chi connectivity index (χ4v) is 4.37. The summed E-state index contributed by atoms with van der Waals surface area (Å²) >= 11 is 1.96. The third-order valence-corrected chi connectivity index (χ3v) is 5.83. The van der Waals surface area contributed by atoms with Crippen molar-refractivity contribution in [3.63, 3.8) is 0 Å². The van der Waals surface area contributed by atoms with Crippen molar-refractivity contribution in [1.29, 1.82) is 0 Å². The Morgan fingerprint density at radius 2 is 2.05 bits per heavy atom. The Kier molecular flexibility index (Phi) is 4.39. The molecule has 0 radical (unpaired) electrons. The van der Waals surface area contributed by atoms with Gasteiger partial charge in [0.2, 0.25) is 0 Å². The molecule has 1 unspecified atom stereocenters. The van der Waals surface area contributed by atoms with Gasteiger partial charge >= 0.3 is 0 Å². The van der Waals surface area contributed by atoms with Gasteiger partial charge in [0.15, 0.2) is 0 Å². The Bertz CT molecular complexity index is 522. The first-order chi connectivity index (χ1) is 9.78. The van der Waals surface area contributed by atoms with Gasteiger partial charge in [0, 0.05) is 15.6 Å². The van der Waals surface area contributed by atoms with E-state index in [0.717, 1.165) is 5.92 Å². The number of hydrogen-bond donors (Lipinski definition) is 1. The molecule has 1 atom stereocenters. The summed E-state index contributed by atoms with van der Waals surface area (Å²) in [5, 5.41) is 4.71. The number of likely N-dealkylation sites (tertiary alicyclic amines) is 1. The molecular weight excluding hydrogens is 264 g/mol. The molecule has 2 heterocycles. The quantitative estimate of drug-likeness (QED) is 0.918. The summed E-state index contributed by atoms with van der Waals surface area (Å²) in [6.07, 6.45) is 2.66. The molecule has 1 aromatic carbocycles. The maximum atomic E-state index is 3.31. The lowest BCUT2D eigenvalue weighted by atomic mass is 9.95. The highest BCUT2D eigenvalue weighted by Crippen LogP contribution is 2.34. The van der Waals surface area contributed by atoms with Crippen LogP contribution in [0.4, 0.5) is 0 Å². The van der Waals surface area contributed by atoms with E-state index < -0.39 is 0 Å². The zero-order valence-corrected chi connectivity index (χ0v) is 13.2. The monoisotopic (exact) mass is 288 g/mol. The van der Waals surface area contributed by atoms with Gasteiger partial charge in [-0.05, 0) is 69.9 Å². The average Bonchev–Trinajstić information content (AvgIpc) is 2.91. The summed E-state index contributed by atoms with van der Waals surface area (Å²) < 4.78 is 1.42. The predicted molar refractivity (Wildman–Crippen MR) is 88.5 cm³/mol. The van der Waals surface area contributed by atoms with Gasteiger partial charge in [-0.2, -0.15) is 0 Å². The molecule has 2 nitrogen and oxygen atoms in total. The molecule has 0 aliphatic carbocycles. The van der Waals surface area contributed by atoms with Crippen LogP contribution in [0.5, 0.6) is 0 Å². The number of nitrogens with one attached hydrogen (secondary N) is 1. The molecule has 2 aromatic rings. The van der Waals surface area contributed by atoms with Crippen LogP contribution in [0.25, 0.3) is 10.1 Å². The van der Waals surface area contributed by atoms with Gasteiger partial charge in [0.1, 0.15) is 0 Å². The van der Waals surface area contributed by atoms with E-state index in [1.165, 1.54) is 47.4 Å². The maximum Gasteiger partial charge on any atom is 0.0413 e. The molecule has 0 saturated carbocycles. The van der Waals surface area contributed by atoms with Crippen LogP contribution in [-0.4, -0.2) is 31.6 Å². The first-order valence-corrected chi connectivity index (χ1v) is 8.46. The van der Waals surface area contributed by atoms with Gasteiger partial charge in [-0.25, -0.2) is 0 Å². The van der Waals surface area contributed by atoms with Crippen LogP contribution in [-0.2, 0) is 0 Å². The third kappa shape index (κ3) is 2.90. The molecule has 1 aliphatic rings. The van der Waals surface area contributed by atoms with Gasteiger partial charge in [0.05, 0.1) is 0 Å². The van der Waals surface area contributed by atoms with Crippen molar-refractivity contribution in [3.8, 4) is 0 Å². The van der Waals surface area contributed by atoms with Crippen LogP contribution >= 0.6 is 11.3 Å². The highest BCUT2D eigenvalue weighted by Gasteiger charge is 2.24. The second-order valence-corrected chi connectivity index (χ2v) is 7.01. The first-order valence-electron chi connectivity index (χ1n) is 7.65. The van der Waals surface area contributed by atoms with E-state index in [-0.39, 0.29) is 0 Å². The molecule has 1 saturated heterocycles. The van der Waals surface area contributed by atoms with Crippen molar-refractivity contribution in [2.75, 3.05) is 26.7 Å². The topological polar surface area (TPSA) is 15.3 Å². The minimum atomic E-state index is 0.558. The first kappa shape index (κ1) is 14.1. The van der Waals surface area contributed by atoms with Gasteiger partial charge < -0.3 is 5.32 Å². The summed E-state index contributed by atoms with van der Waals surface area (Å²) in [4.78, 5) is 4.16. The predicted octanol–water partition coefficient (Wildman–Crippen LogP) is 3.89. The lowest BCUT2D eigenvalue weighted by molar-refractivity contribution is 0.143. The number of fused-ring (bicyclic) bond motifs is 1. The second kappa shape index (κ2) is 6.25. The van der Waals surface area contributed by atoms with Gasteiger partial charge in [-0.1, -0.05) is 18.2 Å². The fourth-order valence-electron chi connectivity index (χ4n) is 3.22. The molecule has 20 heavy (non-hydrogen) atoms. The lowest BCUT2D eigenvalue weighted by Gasteiger charge is -2.35. The minimum absolute atomic E-state index is 0.558. The molecule has 0 bridgehead atoms. The van der Waals surface area contributed by atoms with E-state index >= 15 is 0 Å². The Balaban J connectivity index is 1.68. The number of thiophene rings is 1. The van der Waals surface area contributed by atoms with Crippen LogP contribution in [0, 0.1) is 5.92 Å². The van der Waals surface area contributed by atoms with Crippen molar-refractivity contribution in [2.24, 2.45) is 5.92 Å². The number of hydrogen-bond acceptors (Lipinski definition) is 3. The van der Waals surface area contributed by atoms with Gasteiger partial charge in [0.25, 0.3) is 0 Å². The molecule has 3 heteroatoms. The number of rotatable bonds is 4. The molecule has 1 aliphatic heterocycles. The Hall–Kier alpha value is -0.900. The summed E-state index contributed by atoms with van der Waals surface area (Å²) in [5.74, 6) is 0.867. The molecule has 1 N–H and O–H groups in total. The summed E-state index contributed by atoms with van der Waals surface area (Å²) in [6.45, 7) is 6.01. The van der Waals surface area contributed by atoms with Crippen LogP contribution in [0.3, 0.4) is 0 Å². The van der Waals surface area contributed by atoms with Gasteiger partial charge in [-0.15, -0.1) is 11.3 Å². The van der Waals surface area contributed by atoms with Crippen LogP contribution in [0.1, 0.15) is 30.7 Å². The molecule has 0 amide bonds. The smallest absolute Gasteiger partial charge is 0.0413 e. The van der Waals surface area contributed by atoms with E-state index in [9.17, 15) is 0 Å². The van der Waals surface area contributed by atoms with E-state index in [2.05, 4.69) is 54.5 Å². The van der Waals surface area contributed by atoms with Crippen molar-refractivity contribution in [1.82, 2.24) is 10.2 Å². The standard InChI is InChI=1S/C17H24N2S/c1-13(19-9-7-14(8-10-19)12-18-2)17-11-15-5-3-4-6-16(15)20-17/h3-6,11,13-14,18H,7-10,12H2,1-2H3. The molecule has 1 aromatic heterocycles. The lowest BCUT2D eigenvalue weighted by Crippen LogP contribution is -2.37. The summed E-state index contributed by atoms with van der Waals surface area (Å²) in [6, 6.07) is 11.7. The average molecular weight is 288 g/mol. The maximum absolute atomic E-state index is 3.31. The largest absolute Gasteiger partial charge is 0.319 e. The Labute approximate surface area is 125 Å². The van der Waals surface area contributed by atoms with E-state index in [1.807, 2.05) is 11.3 Å². The van der Waals surface area contributed by atoms with Crippen molar-refractivity contribution >= 4 is 21.4 Å². The molecular formula is C17H24N2S. The molecule has 1 fully saturated rings. The molecule has 108 valence electrons. The van der Waals surface area contributed by atoms with Crippen molar-refractivity contribution in [3.05, 3.63) is 35.2 Å². The SMILES string of the molecule is CNCC1CCN(C(C)c2cc3ccccc3s2)CC1. The number of piperidine rings is 1. The summed E-state index contributed by atoms with van der Waals surface area (Å²) in [7, 11) is 2.06. The molecule has 0 spiro atoms. The van der Waals surface area contributed by atoms with Crippen molar-refractivity contribution < 1.29 is 0 Å².